The first-order valence-electron chi connectivity index (χ1n) is 7.36. The number of piperidine rings is 1. The standard InChI is InChI=1S/C15H23N3O2/c1-13(12-17-8-3-2-4-9-17)11-16-14-6-5-7-15(10-14)18(19)20/h5-7,10,13,16H,2-4,8-9,11-12H2,1H3. The van der Waals surface area contributed by atoms with E-state index in [1.807, 2.05) is 6.07 Å². The lowest BCUT2D eigenvalue weighted by Crippen LogP contribution is -2.35. The Hall–Kier alpha value is -1.62. The molecule has 1 aliphatic heterocycles. The zero-order valence-electron chi connectivity index (χ0n) is 12.0. The summed E-state index contributed by atoms with van der Waals surface area (Å²) in [4.78, 5) is 12.9. The first-order valence-corrected chi connectivity index (χ1v) is 7.36. The summed E-state index contributed by atoms with van der Waals surface area (Å²) in [6, 6.07) is 6.70. The number of likely N-dealkylation sites (tertiary alicyclic amines) is 1. The second-order valence-corrected chi connectivity index (χ2v) is 5.65. The fourth-order valence-corrected chi connectivity index (χ4v) is 2.67. The molecule has 0 aliphatic carbocycles. The molecule has 1 fully saturated rings. The number of rotatable bonds is 6. The molecule has 1 aliphatic rings. The lowest BCUT2D eigenvalue weighted by Gasteiger charge is -2.29. The second kappa shape index (κ2) is 7.24. The molecule has 1 heterocycles. The van der Waals surface area contributed by atoms with E-state index >= 15 is 0 Å². The van der Waals surface area contributed by atoms with Crippen LogP contribution in [-0.4, -0.2) is 36.0 Å². The summed E-state index contributed by atoms with van der Waals surface area (Å²) in [7, 11) is 0. The van der Waals surface area contributed by atoms with Crippen molar-refractivity contribution in [3.8, 4) is 0 Å². The minimum absolute atomic E-state index is 0.138. The molecule has 0 aromatic heterocycles. The van der Waals surface area contributed by atoms with Gasteiger partial charge in [0.25, 0.3) is 5.69 Å². The topological polar surface area (TPSA) is 58.4 Å². The van der Waals surface area contributed by atoms with Crippen molar-refractivity contribution in [2.45, 2.75) is 26.2 Å². The quantitative estimate of drug-likeness (QED) is 0.641. The van der Waals surface area contributed by atoms with Crippen molar-refractivity contribution in [1.29, 1.82) is 0 Å². The van der Waals surface area contributed by atoms with E-state index in [4.69, 9.17) is 0 Å². The fourth-order valence-electron chi connectivity index (χ4n) is 2.67. The van der Waals surface area contributed by atoms with Crippen molar-refractivity contribution in [3.05, 3.63) is 34.4 Å². The lowest BCUT2D eigenvalue weighted by molar-refractivity contribution is -0.384. The van der Waals surface area contributed by atoms with E-state index in [9.17, 15) is 10.1 Å². The average Bonchev–Trinajstić information content (AvgIpc) is 2.46. The number of benzene rings is 1. The summed E-state index contributed by atoms with van der Waals surface area (Å²) >= 11 is 0. The number of hydrogen-bond acceptors (Lipinski definition) is 4. The first-order chi connectivity index (χ1) is 9.65. The third-order valence-electron chi connectivity index (χ3n) is 3.73. The van der Waals surface area contributed by atoms with Crippen LogP contribution in [0.1, 0.15) is 26.2 Å². The third kappa shape index (κ3) is 4.49. The molecule has 0 radical (unpaired) electrons. The van der Waals surface area contributed by atoms with Gasteiger partial charge in [0.1, 0.15) is 0 Å². The SMILES string of the molecule is CC(CNc1cccc([N+](=O)[O-])c1)CN1CCCCC1. The maximum absolute atomic E-state index is 10.7. The minimum Gasteiger partial charge on any atom is -0.385 e. The molecule has 0 amide bonds. The van der Waals surface area contributed by atoms with Crippen LogP contribution in [0, 0.1) is 16.0 Å². The number of hydrogen-bond donors (Lipinski definition) is 1. The van der Waals surface area contributed by atoms with Crippen LogP contribution in [0.15, 0.2) is 24.3 Å². The van der Waals surface area contributed by atoms with Gasteiger partial charge in [0, 0.05) is 30.9 Å². The van der Waals surface area contributed by atoms with Gasteiger partial charge in [-0.1, -0.05) is 19.4 Å². The highest BCUT2D eigenvalue weighted by atomic mass is 16.6. The monoisotopic (exact) mass is 277 g/mol. The van der Waals surface area contributed by atoms with Crippen LogP contribution < -0.4 is 5.32 Å². The van der Waals surface area contributed by atoms with Crippen LogP contribution in [0.5, 0.6) is 0 Å². The van der Waals surface area contributed by atoms with Gasteiger partial charge in [-0.3, -0.25) is 10.1 Å². The molecule has 20 heavy (non-hydrogen) atoms. The molecule has 1 unspecified atom stereocenters. The zero-order chi connectivity index (χ0) is 14.4. The number of nitro benzene ring substituents is 1. The Bertz CT molecular complexity index is 444. The van der Waals surface area contributed by atoms with Crippen LogP contribution in [0.3, 0.4) is 0 Å². The summed E-state index contributed by atoms with van der Waals surface area (Å²) in [5.41, 5.74) is 0.961. The first kappa shape index (κ1) is 14.8. The molecule has 1 saturated heterocycles. The van der Waals surface area contributed by atoms with E-state index in [-0.39, 0.29) is 10.6 Å². The van der Waals surface area contributed by atoms with E-state index in [1.165, 1.54) is 38.4 Å². The Morgan fingerprint density at radius 1 is 1.35 bits per heavy atom. The van der Waals surface area contributed by atoms with Crippen molar-refractivity contribution in [1.82, 2.24) is 4.90 Å². The van der Waals surface area contributed by atoms with Crippen LogP contribution in [0.2, 0.25) is 0 Å². The Morgan fingerprint density at radius 2 is 2.10 bits per heavy atom. The molecule has 1 aromatic carbocycles. The van der Waals surface area contributed by atoms with Crippen molar-refractivity contribution in [3.63, 3.8) is 0 Å². The molecule has 2 rings (SSSR count). The maximum atomic E-state index is 10.7. The Kier molecular flexibility index (Phi) is 5.35. The maximum Gasteiger partial charge on any atom is 0.271 e. The van der Waals surface area contributed by atoms with Gasteiger partial charge in [0.15, 0.2) is 0 Å². The number of non-ortho nitro benzene ring substituents is 1. The van der Waals surface area contributed by atoms with Gasteiger partial charge >= 0.3 is 0 Å². The molecule has 110 valence electrons. The van der Waals surface area contributed by atoms with Crippen molar-refractivity contribution in [2.24, 2.45) is 5.92 Å². The van der Waals surface area contributed by atoms with Crippen molar-refractivity contribution in [2.75, 3.05) is 31.5 Å². The molecule has 1 aromatic rings. The molecule has 5 heteroatoms. The smallest absolute Gasteiger partial charge is 0.271 e. The Balaban J connectivity index is 1.78. The average molecular weight is 277 g/mol. The summed E-state index contributed by atoms with van der Waals surface area (Å²) in [6.07, 6.45) is 3.98. The van der Waals surface area contributed by atoms with Gasteiger partial charge in [0.05, 0.1) is 4.92 Å². The van der Waals surface area contributed by atoms with E-state index in [0.717, 1.165) is 18.8 Å². The number of nitrogens with one attached hydrogen (secondary N) is 1. The van der Waals surface area contributed by atoms with Crippen LogP contribution in [-0.2, 0) is 0 Å². The predicted octanol–water partition coefficient (Wildman–Crippen LogP) is 3.13. The van der Waals surface area contributed by atoms with Gasteiger partial charge in [0.2, 0.25) is 0 Å². The van der Waals surface area contributed by atoms with E-state index in [2.05, 4.69) is 17.1 Å². The Morgan fingerprint density at radius 3 is 2.80 bits per heavy atom. The van der Waals surface area contributed by atoms with E-state index < -0.39 is 0 Å². The lowest BCUT2D eigenvalue weighted by atomic mass is 10.1. The van der Waals surface area contributed by atoms with Gasteiger partial charge in [-0.2, -0.15) is 0 Å². The summed E-state index contributed by atoms with van der Waals surface area (Å²) in [5.74, 6) is 0.535. The second-order valence-electron chi connectivity index (χ2n) is 5.65. The predicted molar refractivity (Wildman–Crippen MR) is 81.0 cm³/mol. The fraction of sp³-hybridized carbons (Fsp3) is 0.600. The summed E-state index contributed by atoms with van der Waals surface area (Å²) in [5, 5.41) is 14.0. The molecule has 0 spiro atoms. The largest absolute Gasteiger partial charge is 0.385 e. The van der Waals surface area contributed by atoms with Crippen LogP contribution >= 0.6 is 0 Å². The molecule has 1 atom stereocenters. The van der Waals surface area contributed by atoms with Gasteiger partial charge < -0.3 is 10.2 Å². The molecular formula is C15H23N3O2. The minimum atomic E-state index is -0.359. The van der Waals surface area contributed by atoms with E-state index in [0.29, 0.717) is 5.92 Å². The van der Waals surface area contributed by atoms with Gasteiger partial charge in [-0.25, -0.2) is 0 Å². The molecular weight excluding hydrogens is 254 g/mol. The zero-order valence-corrected chi connectivity index (χ0v) is 12.0. The highest BCUT2D eigenvalue weighted by Crippen LogP contribution is 2.17. The molecule has 0 bridgehead atoms. The van der Waals surface area contributed by atoms with E-state index in [1.54, 1.807) is 12.1 Å². The number of nitrogens with zero attached hydrogens (tertiary/aromatic N) is 2. The molecule has 0 saturated carbocycles. The van der Waals surface area contributed by atoms with Crippen molar-refractivity contribution >= 4 is 11.4 Å². The third-order valence-corrected chi connectivity index (χ3v) is 3.73. The summed E-state index contributed by atoms with van der Waals surface area (Å²) in [6.45, 7) is 6.58. The normalized spacial score (nSPS) is 17.6. The highest BCUT2D eigenvalue weighted by Gasteiger charge is 2.13. The highest BCUT2D eigenvalue weighted by molar-refractivity contribution is 5.50. The number of nitro groups is 1. The number of anilines is 1. The van der Waals surface area contributed by atoms with Crippen molar-refractivity contribution < 1.29 is 4.92 Å². The molecule has 1 N–H and O–H groups in total. The Labute approximate surface area is 120 Å². The molecule has 5 nitrogen and oxygen atoms in total. The van der Waals surface area contributed by atoms with Crippen LogP contribution in [0.25, 0.3) is 0 Å². The summed E-state index contributed by atoms with van der Waals surface area (Å²) < 4.78 is 0. The van der Waals surface area contributed by atoms with Gasteiger partial charge in [-0.05, 0) is 37.9 Å². The van der Waals surface area contributed by atoms with Crippen LogP contribution in [0.4, 0.5) is 11.4 Å². The van der Waals surface area contributed by atoms with Gasteiger partial charge in [-0.15, -0.1) is 0 Å².